The number of thiophene rings is 1. The lowest BCUT2D eigenvalue weighted by Crippen LogP contribution is -2.44. The van der Waals surface area contributed by atoms with Crippen LogP contribution in [0.25, 0.3) is 11.0 Å². The fraction of sp³-hybridized carbons (Fsp3) is 0.333. The van der Waals surface area contributed by atoms with Crippen molar-refractivity contribution in [2.24, 2.45) is 0 Å². The van der Waals surface area contributed by atoms with E-state index in [0.29, 0.717) is 13.0 Å². The lowest BCUT2D eigenvalue weighted by Gasteiger charge is -2.32. The number of hydrogen-bond donors (Lipinski definition) is 0. The van der Waals surface area contributed by atoms with E-state index in [-0.39, 0.29) is 18.5 Å². The van der Waals surface area contributed by atoms with Crippen LogP contribution in [0.4, 0.5) is 5.69 Å². The molecule has 0 N–H and O–H groups in total. The van der Waals surface area contributed by atoms with Gasteiger partial charge >= 0.3 is 0 Å². The zero-order valence-electron chi connectivity index (χ0n) is 19.7. The van der Waals surface area contributed by atoms with E-state index in [4.69, 9.17) is 9.72 Å². The van der Waals surface area contributed by atoms with E-state index in [1.54, 1.807) is 18.4 Å². The zero-order chi connectivity index (χ0) is 23.4. The van der Waals surface area contributed by atoms with Gasteiger partial charge in [0.05, 0.1) is 29.4 Å². The fourth-order valence-electron chi connectivity index (χ4n) is 4.47. The average molecular weight is 462 g/mol. The molecule has 2 aromatic carbocycles. The molecule has 172 valence electrons. The number of rotatable bonds is 9. The van der Waals surface area contributed by atoms with E-state index < -0.39 is 0 Å². The standard InChI is InChI=1S/C27H31N3O2S/c1-5-21-11-8-10-19(2)27(21)30(20(3)18-32-4)26(31)17-29-24-14-7-6-13-23(24)28-25(29)16-22-12-9-15-33-22/h6-15,20H,5,16-18H2,1-4H3. The number of para-hydroxylation sites is 3. The maximum atomic E-state index is 14.0. The molecule has 4 rings (SSSR count). The summed E-state index contributed by atoms with van der Waals surface area (Å²) in [6, 6.07) is 18.4. The van der Waals surface area contributed by atoms with Crippen LogP contribution in [0, 0.1) is 6.92 Å². The maximum Gasteiger partial charge on any atom is 0.247 e. The Morgan fingerprint density at radius 2 is 1.97 bits per heavy atom. The number of fused-ring (bicyclic) bond motifs is 1. The zero-order valence-corrected chi connectivity index (χ0v) is 20.6. The van der Waals surface area contributed by atoms with Gasteiger partial charge in [-0.1, -0.05) is 43.3 Å². The second-order valence-electron chi connectivity index (χ2n) is 8.36. The lowest BCUT2D eigenvalue weighted by molar-refractivity contribution is -0.119. The molecule has 33 heavy (non-hydrogen) atoms. The van der Waals surface area contributed by atoms with Crippen molar-refractivity contribution >= 4 is 34.0 Å². The topological polar surface area (TPSA) is 47.4 Å². The monoisotopic (exact) mass is 461 g/mol. The van der Waals surface area contributed by atoms with E-state index in [0.717, 1.165) is 34.5 Å². The van der Waals surface area contributed by atoms with Crippen LogP contribution in [0.3, 0.4) is 0 Å². The first kappa shape index (κ1) is 23.2. The van der Waals surface area contributed by atoms with Gasteiger partial charge in [-0.15, -0.1) is 11.3 Å². The fourth-order valence-corrected chi connectivity index (χ4v) is 5.18. The molecule has 2 heterocycles. The normalized spacial score (nSPS) is 12.2. The number of aromatic nitrogens is 2. The molecule has 0 bridgehead atoms. The highest BCUT2D eigenvalue weighted by Crippen LogP contribution is 2.29. The van der Waals surface area contributed by atoms with E-state index in [1.807, 2.05) is 36.1 Å². The summed E-state index contributed by atoms with van der Waals surface area (Å²) in [4.78, 5) is 22.0. The Morgan fingerprint density at radius 3 is 2.70 bits per heavy atom. The third-order valence-corrected chi connectivity index (χ3v) is 6.88. The molecule has 0 saturated carbocycles. The summed E-state index contributed by atoms with van der Waals surface area (Å²) in [6.07, 6.45) is 1.57. The SMILES string of the molecule is CCc1cccc(C)c1N(C(=O)Cn1c(Cc2cccs2)nc2ccccc21)C(C)COC. The third-order valence-electron chi connectivity index (χ3n) is 6.00. The van der Waals surface area contributed by atoms with Crippen molar-refractivity contribution in [1.29, 1.82) is 0 Å². The highest BCUT2D eigenvalue weighted by atomic mass is 32.1. The van der Waals surface area contributed by atoms with Gasteiger partial charge in [-0.05, 0) is 55.0 Å². The molecule has 0 aliphatic heterocycles. The van der Waals surface area contributed by atoms with Crippen molar-refractivity contribution in [2.45, 2.75) is 46.2 Å². The summed E-state index contributed by atoms with van der Waals surface area (Å²) in [7, 11) is 1.68. The van der Waals surface area contributed by atoms with Gasteiger partial charge in [0.1, 0.15) is 12.4 Å². The predicted octanol–water partition coefficient (Wildman–Crippen LogP) is 5.63. The first-order valence-corrected chi connectivity index (χ1v) is 12.3. The molecule has 0 fully saturated rings. The molecule has 1 amide bonds. The number of imidazole rings is 1. The largest absolute Gasteiger partial charge is 0.383 e. The molecule has 2 aromatic heterocycles. The van der Waals surface area contributed by atoms with Crippen LogP contribution < -0.4 is 4.90 Å². The summed E-state index contributed by atoms with van der Waals surface area (Å²) >= 11 is 1.71. The Labute approximate surface area is 199 Å². The van der Waals surface area contributed by atoms with Gasteiger partial charge in [-0.2, -0.15) is 0 Å². The van der Waals surface area contributed by atoms with Crippen LogP contribution in [0.5, 0.6) is 0 Å². The molecule has 6 heteroatoms. The van der Waals surface area contributed by atoms with Crippen LogP contribution in [0.1, 0.15) is 35.7 Å². The Balaban J connectivity index is 1.76. The van der Waals surface area contributed by atoms with Crippen LogP contribution >= 0.6 is 11.3 Å². The second kappa shape index (κ2) is 10.3. The van der Waals surface area contributed by atoms with Gasteiger partial charge in [0, 0.05) is 18.4 Å². The van der Waals surface area contributed by atoms with Crippen LogP contribution in [-0.2, 0) is 28.9 Å². The summed E-state index contributed by atoms with van der Waals surface area (Å²) in [5.74, 6) is 0.950. The first-order valence-electron chi connectivity index (χ1n) is 11.4. The lowest BCUT2D eigenvalue weighted by atomic mass is 10.0. The summed E-state index contributed by atoms with van der Waals surface area (Å²) < 4.78 is 7.53. The van der Waals surface area contributed by atoms with Crippen molar-refractivity contribution in [3.63, 3.8) is 0 Å². The molecular weight excluding hydrogens is 430 g/mol. The first-order chi connectivity index (χ1) is 16.0. The number of methoxy groups -OCH3 is 1. The van der Waals surface area contributed by atoms with Gasteiger partial charge < -0.3 is 14.2 Å². The number of carbonyl (C=O) groups is 1. The Hall–Kier alpha value is -2.96. The van der Waals surface area contributed by atoms with Gasteiger partial charge in [0.15, 0.2) is 0 Å². The van der Waals surface area contributed by atoms with Crippen molar-refractivity contribution in [2.75, 3.05) is 18.6 Å². The predicted molar refractivity (Wildman–Crippen MR) is 136 cm³/mol. The number of hydrogen-bond acceptors (Lipinski definition) is 4. The molecule has 0 saturated heterocycles. The van der Waals surface area contributed by atoms with Crippen molar-refractivity contribution < 1.29 is 9.53 Å². The summed E-state index contributed by atoms with van der Waals surface area (Å²) in [5.41, 5.74) is 5.16. The van der Waals surface area contributed by atoms with Gasteiger partial charge in [-0.25, -0.2) is 4.98 Å². The van der Waals surface area contributed by atoms with Gasteiger partial charge in [0.25, 0.3) is 0 Å². The molecule has 4 aromatic rings. The van der Waals surface area contributed by atoms with E-state index >= 15 is 0 Å². The molecule has 0 radical (unpaired) electrons. The minimum Gasteiger partial charge on any atom is -0.383 e. The van der Waals surface area contributed by atoms with Crippen LogP contribution in [0.2, 0.25) is 0 Å². The minimum absolute atomic E-state index is 0.0409. The number of nitrogens with zero attached hydrogens (tertiary/aromatic N) is 3. The van der Waals surface area contributed by atoms with E-state index in [9.17, 15) is 4.79 Å². The number of anilines is 1. The second-order valence-corrected chi connectivity index (χ2v) is 9.40. The molecular formula is C27H31N3O2S. The van der Waals surface area contributed by atoms with Gasteiger partial charge in [0.2, 0.25) is 5.91 Å². The Bertz CT molecular complexity index is 1230. The molecule has 0 spiro atoms. The van der Waals surface area contributed by atoms with E-state index in [1.165, 1.54) is 10.4 Å². The number of ether oxygens (including phenoxy) is 1. The molecule has 5 nitrogen and oxygen atoms in total. The molecule has 0 aliphatic carbocycles. The number of carbonyl (C=O) groups excluding carboxylic acids is 1. The molecule has 0 aliphatic rings. The molecule has 1 atom stereocenters. The third kappa shape index (κ3) is 4.87. The van der Waals surface area contributed by atoms with Crippen LogP contribution in [-0.4, -0.2) is 35.2 Å². The number of amides is 1. The maximum absolute atomic E-state index is 14.0. The quantitative estimate of drug-likeness (QED) is 0.325. The van der Waals surface area contributed by atoms with Crippen molar-refractivity contribution in [1.82, 2.24) is 9.55 Å². The average Bonchev–Trinajstić information content (AvgIpc) is 3.44. The summed E-state index contributed by atoms with van der Waals surface area (Å²) in [5, 5.41) is 2.08. The van der Waals surface area contributed by atoms with Gasteiger partial charge in [-0.3, -0.25) is 4.79 Å². The highest BCUT2D eigenvalue weighted by molar-refractivity contribution is 7.09. The number of benzene rings is 2. The Kier molecular flexibility index (Phi) is 7.26. The minimum atomic E-state index is -0.0931. The Morgan fingerprint density at radius 1 is 1.15 bits per heavy atom. The smallest absolute Gasteiger partial charge is 0.247 e. The highest BCUT2D eigenvalue weighted by Gasteiger charge is 2.27. The van der Waals surface area contributed by atoms with Crippen LogP contribution in [0.15, 0.2) is 60.0 Å². The number of aryl methyl sites for hydroxylation is 2. The van der Waals surface area contributed by atoms with Crippen molar-refractivity contribution in [3.05, 3.63) is 81.8 Å². The van der Waals surface area contributed by atoms with E-state index in [2.05, 4.69) is 54.1 Å². The van der Waals surface area contributed by atoms with Crippen molar-refractivity contribution in [3.8, 4) is 0 Å². The molecule has 1 unspecified atom stereocenters. The summed E-state index contributed by atoms with van der Waals surface area (Å²) in [6.45, 7) is 6.95.